The number of aromatic nitrogens is 3. The van der Waals surface area contributed by atoms with Gasteiger partial charge in [-0.15, -0.1) is 11.3 Å². The molecule has 1 atom stereocenters. The van der Waals surface area contributed by atoms with Crippen molar-refractivity contribution >= 4 is 22.9 Å². The highest BCUT2D eigenvalue weighted by atomic mass is 32.1. The van der Waals surface area contributed by atoms with E-state index in [2.05, 4.69) is 9.97 Å². The van der Waals surface area contributed by atoms with Gasteiger partial charge in [0.1, 0.15) is 17.2 Å². The fourth-order valence-electron chi connectivity index (χ4n) is 4.61. The quantitative estimate of drug-likeness (QED) is 0.314. The van der Waals surface area contributed by atoms with Gasteiger partial charge in [0.05, 0.1) is 21.1 Å². The Morgan fingerprint density at radius 1 is 1.14 bits per heavy atom. The number of aryl methyl sites for hydroxylation is 1. The Bertz CT molecular complexity index is 1380. The van der Waals surface area contributed by atoms with Crippen molar-refractivity contribution in [1.82, 2.24) is 19.3 Å². The molecule has 0 saturated carbocycles. The van der Waals surface area contributed by atoms with E-state index >= 15 is 0 Å². The van der Waals surface area contributed by atoms with Crippen LogP contribution in [0.4, 0.5) is 17.6 Å². The highest BCUT2D eigenvalue weighted by Crippen LogP contribution is 2.34. The molecule has 3 aromatic heterocycles. The fraction of sp³-hybridized carbons (Fsp3) is 0.320. The van der Waals surface area contributed by atoms with Crippen LogP contribution in [-0.4, -0.2) is 37.8 Å². The van der Waals surface area contributed by atoms with Crippen molar-refractivity contribution in [3.63, 3.8) is 0 Å². The Morgan fingerprint density at radius 2 is 1.91 bits per heavy atom. The minimum Gasteiger partial charge on any atom is -0.334 e. The molecule has 182 valence electrons. The second kappa shape index (κ2) is 9.07. The van der Waals surface area contributed by atoms with Gasteiger partial charge in [-0.1, -0.05) is 12.1 Å². The summed E-state index contributed by atoms with van der Waals surface area (Å²) in [5, 5.41) is 0.723. The van der Waals surface area contributed by atoms with Gasteiger partial charge in [0, 0.05) is 31.4 Å². The number of thiazole rings is 1. The minimum atomic E-state index is -4.50. The van der Waals surface area contributed by atoms with Gasteiger partial charge < -0.3 is 9.30 Å². The molecule has 0 radical (unpaired) electrons. The number of hydrogen-bond donors (Lipinski definition) is 0. The van der Waals surface area contributed by atoms with Gasteiger partial charge in [0.2, 0.25) is 0 Å². The van der Waals surface area contributed by atoms with Crippen LogP contribution in [0.3, 0.4) is 0 Å². The maximum Gasteiger partial charge on any atom is 0.419 e. The molecule has 5 rings (SSSR count). The topological polar surface area (TPSA) is 50.5 Å². The van der Waals surface area contributed by atoms with E-state index in [1.165, 1.54) is 40.1 Å². The Hall–Kier alpha value is -3.27. The number of rotatable bonds is 4. The maximum absolute atomic E-state index is 13.7. The highest BCUT2D eigenvalue weighted by Gasteiger charge is 2.35. The van der Waals surface area contributed by atoms with Crippen LogP contribution < -0.4 is 0 Å². The summed E-state index contributed by atoms with van der Waals surface area (Å²) in [4.78, 5) is 24.9. The number of alkyl halides is 3. The Labute approximate surface area is 203 Å². The molecule has 1 amide bonds. The SMILES string of the molecule is Cc1nc(C(=O)N2CCCC[C@H]2Cc2cn3cccc(C(F)(F)F)c3n2)c(-c2ccc(F)cc2)s1. The lowest BCUT2D eigenvalue weighted by molar-refractivity contribution is -0.136. The van der Waals surface area contributed by atoms with E-state index in [4.69, 9.17) is 0 Å². The van der Waals surface area contributed by atoms with Crippen LogP contribution in [0.15, 0.2) is 48.8 Å². The van der Waals surface area contributed by atoms with Crippen molar-refractivity contribution in [3.8, 4) is 10.4 Å². The van der Waals surface area contributed by atoms with Crippen LogP contribution in [0.1, 0.15) is 46.0 Å². The lowest BCUT2D eigenvalue weighted by Crippen LogP contribution is -2.45. The van der Waals surface area contributed by atoms with Gasteiger partial charge in [-0.3, -0.25) is 4.79 Å². The Kier molecular flexibility index (Phi) is 6.08. The summed E-state index contributed by atoms with van der Waals surface area (Å²) in [5.41, 5.74) is 0.607. The number of imidazole rings is 1. The fourth-order valence-corrected chi connectivity index (χ4v) is 5.53. The molecule has 1 fully saturated rings. The van der Waals surface area contributed by atoms with Gasteiger partial charge in [0.25, 0.3) is 5.91 Å². The number of carbonyl (C=O) groups excluding carboxylic acids is 1. The lowest BCUT2D eigenvalue weighted by atomic mass is 9.97. The van der Waals surface area contributed by atoms with Gasteiger partial charge in [-0.25, -0.2) is 14.4 Å². The number of piperidine rings is 1. The van der Waals surface area contributed by atoms with E-state index in [9.17, 15) is 22.4 Å². The Morgan fingerprint density at radius 3 is 2.66 bits per heavy atom. The molecule has 0 spiro atoms. The standard InChI is InChI=1S/C25H22F4N4OS/c1-15-30-21(22(35-15)16-7-9-17(26)10-8-16)24(34)33-12-3-2-5-19(33)13-18-14-32-11-4-6-20(23(32)31-18)25(27,28)29/h4,6-11,14,19H,2-3,5,12-13H2,1H3/t19-/m0/s1. The van der Waals surface area contributed by atoms with Crippen molar-refractivity contribution < 1.29 is 22.4 Å². The number of benzene rings is 1. The predicted molar refractivity (Wildman–Crippen MR) is 125 cm³/mol. The summed E-state index contributed by atoms with van der Waals surface area (Å²) < 4.78 is 55.0. The van der Waals surface area contributed by atoms with E-state index in [1.807, 2.05) is 6.92 Å². The number of nitrogens with zero attached hydrogens (tertiary/aromatic N) is 4. The third-order valence-corrected chi connectivity index (χ3v) is 7.23. The highest BCUT2D eigenvalue weighted by molar-refractivity contribution is 7.15. The third-order valence-electron chi connectivity index (χ3n) is 6.21. The first-order chi connectivity index (χ1) is 16.7. The summed E-state index contributed by atoms with van der Waals surface area (Å²) in [7, 11) is 0. The van der Waals surface area contributed by atoms with Crippen molar-refractivity contribution in [3.05, 3.63) is 76.6 Å². The van der Waals surface area contributed by atoms with Gasteiger partial charge in [-0.05, 0) is 56.0 Å². The van der Waals surface area contributed by atoms with Crippen molar-refractivity contribution in [2.75, 3.05) is 6.54 Å². The number of likely N-dealkylation sites (tertiary alicyclic amines) is 1. The van der Waals surface area contributed by atoms with Gasteiger partial charge in [0.15, 0.2) is 0 Å². The molecule has 4 heterocycles. The van der Waals surface area contributed by atoms with Crippen molar-refractivity contribution in [1.29, 1.82) is 0 Å². The monoisotopic (exact) mass is 502 g/mol. The normalized spacial score (nSPS) is 16.7. The largest absolute Gasteiger partial charge is 0.419 e. The maximum atomic E-state index is 13.7. The molecule has 35 heavy (non-hydrogen) atoms. The molecule has 1 aromatic carbocycles. The van der Waals surface area contributed by atoms with Crippen LogP contribution in [0.5, 0.6) is 0 Å². The zero-order valence-corrected chi connectivity index (χ0v) is 19.7. The first-order valence-corrected chi connectivity index (χ1v) is 12.1. The molecule has 10 heteroatoms. The molecular weight excluding hydrogens is 480 g/mol. The van der Waals surface area contributed by atoms with Crippen LogP contribution in [0, 0.1) is 12.7 Å². The summed E-state index contributed by atoms with van der Waals surface area (Å²) >= 11 is 1.37. The summed E-state index contributed by atoms with van der Waals surface area (Å²) in [6, 6.07) is 8.10. The third kappa shape index (κ3) is 4.67. The van der Waals surface area contributed by atoms with E-state index < -0.39 is 11.7 Å². The molecule has 0 unspecified atom stereocenters. The lowest BCUT2D eigenvalue weighted by Gasteiger charge is -2.35. The number of fused-ring (bicyclic) bond motifs is 1. The molecule has 0 N–H and O–H groups in total. The predicted octanol–water partition coefficient (Wildman–Crippen LogP) is 6.16. The van der Waals surface area contributed by atoms with E-state index in [0.29, 0.717) is 34.8 Å². The van der Waals surface area contributed by atoms with Gasteiger partial charge in [-0.2, -0.15) is 13.2 Å². The average Bonchev–Trinajstić information content (AvgIpc) is 3.41. The number of amides is 1. The number of halogens is 4. The number of pyridine rings is 1. The van der Waals surface area contributed by atoms with Crippen molar-refractivity contribution in [2.45, 2.75) is 44.8 Å². The van der Waals surface area contributed by atoms with Crippen LogP contribution in [-0.2, 0) is 12.6 Å². The molecule has 0 aliphatic carbocycles. The molecular formula is C25H22F4N4OS. The number of carbonyl (C=O) groups is 1. The summed E-state index contributed by atoms with van der Waals surface area (Å²) in [6.45, 7) is 2.35. The number of hydrogen-bond acceptors (Lipinski definition) is 4. The molecule has 4 aromatic rings. The molecule has 0 bridgehead atoms. The molecule has 1 aliphatic rings. The second-order valence-corrected chi connectivity index (χ2v) is 9.86. The second-order valence-electron chi connectivity index (χ2n) is 8.65. The zero-order chi connectivity index (χ0) is 24.7. The molecule has 5 nitrogen and oxygen atoms in total. The molecule has 1 aliphatic heterocycles. The zero-order valence-electron chi connectivity index (χ0n) is 18.8. The van der Waals surface area contributed by atoms with E-state index in [0.717, 1.165) is 30.3 Å². The average molecular weight is 503 g/mol. The van der Waals surface area contributed by atoms with Crippen LogP contribution in [0.2, 0.25) is 0 Å². The first kappa shape index (κ1) is 23.5. The summed E-state index contributed by atoms with van der Waals surface area (Å²) in [5.74, 6) is -0.585. The summed E-state index contributed by atoms with van der Waals surface area (Å²) in [6.07, 6.45) is 1.45. The van der Waals surface area contributed by atoms with Gasteiger partial charge >= 0.3 is 6.18 Å². The van der Waals surface area contributed by atoms with Crippen molar-refractivity contribution in [2.24, 2.45) is 0 Å². The minimum absolute atomic E-state index is 0.141. The van der Waals surface area contributed by atoms with E-state index in [1.54, 1.807) is 23.2 Å². The van der Waals surface area contributed by atoms with E-state index in [-0.39, 0.29) is 23.4 Å². The van der Waals surface area contributed by atoms with Crippen LogP contribution >= 0.6 is 11.3 Å². The molecule has 1 saturated heterocycles. The smallest absolute Gasteiger partial charge is 0.334 e. The first-order valence-electron chi connectivity index (χ1n) is 11.3. The Balaban J connectivity index is 1.44. The van der Waals surface area contributed by atoms with Crippen LogP contribution in [0.25, 0.3) is 16.1 Å².